The van der Waals surface area contributed by atoms with E-state index < -0.39 is 53.9 Å². The van der Waals surface area contributed by atoms with Gasteiger partial charge in [0, 0.05) is 17.7 Å². The Bertz CT molecular complexity index is 1440. The number of halogens is 3. The highest BCUT2D eigenvalue weighted by Crippen LogP contribution is 2.17. The summed E-state index contributed by atoms with van der Waals surface area (Å²) < 4.78 is 37.2. The molecule has 0 spiro atoms. The van der Waals surface area contributed by atoms with Gasteiger partial charge in [0.25, 0.3) is 11.5 Å². The molecule has 0 radical (unpaired) electrons. The van der Waals surface area contributed by atoms with Crippen LogP contribution in [0.25, 0.3) is 11.2 Å². The Hall–Kier alpha value is -5.09. The van der Waals surface area contributed by atoms with Crippen molar-refractivity contribution in [2.24, 2.45) is 0 Å². The van der Waals surface area contributed by atoms with Crippen LogP contribution in [0.1, 0.15) is 28.9 Å². The van der Waals surface area contributed by atoms with Gasteiger partial charge in [-0.25, -0.2) is 14.8 Å². The predicted octanol–water partition coefficient (Wildman–Crippen LogP) is 0.874. The van der Waals surface area contributed by atoms with E-state index in [0.29, 0.717) is 5.69 Å². The zero-order valence-electron chi connectivity index (χ0n) is 19.0. The van der Waals surface area contributed by atoms with Crippen molar-refractivity contribution in [1.82, 2.24) is 25.3 Å². The number of alkyl halides is 3. The number of carboxylic acid groups (broad SMARTS) is 2. The van der Waals surface area contributed by atoms with E-state index in [1.165, 1.54) is 35.8 Å². The molecule has 38 heavy (non-hydrogen) atoms. The van der Waals surface area contributed by atoms with Crippen molar-refractivity contribution < 1.29 is 42.6 Å². The molecule has 1 unspecified atom stereocenters. The molecular weight excluding hydrogens is 519 g/mol. The normalized spacial score (nSPS) is 12.0. The quantitative estimate of drug-likeness (QED) is 0.213. The number of nitrogens with one attached hydrogen (secondary N) is 4. The van der Waals surface area contributed by atoms with Crippen LogP contribution < -0.4 is 21.5 Å². The SMILES string of the molecule is O=C(O)CCC(NC(=O)c1ccc(NCc2cnc3nc(NC(=O)C(F)(F)F)[nH]c(=O)c3n2)cc1)C(=O)O. The Morgan fingerprint density at radius 1 is 1.05 bits per heavy atom. The third-order valence-electron chi connectivity index (χ3n) is 4.83. The van der Waals surface area contributed by atoms with E-state index in [0.717, 1.165) is 0 Å². The predicted molar refractivity (Wildman–Crippen MR) is 122 cm³/mol. The van der Waals surface area contributed by atoms with Crippen molar-refractivity contribution in [1.29, 1.82) is 0 Å². The molecule has 200 valence electrons. The Morgan fingerprint density at radius 2 is 1.74 bits per heavy atom. The van der Waals surface area contributed by atoms with Gasteiger partial charge < -0.3 is 20.8 Å². The molecule has 17 heteroatoms. The number of amides is 2. The first-order chi connectivity index (χ1) is 17.8. The Labute approximate surface area is 209 Å². The van der Waals surface area contributed by atoms with E-state index >= 15 is 0 Å². The lowest BCUT2D eigenvalue weighted by Gasteiger charge is -2.14. The first-order valence-corrected chi connectivity index (χ1v) is 10.6. The number of nitrogens with zero attached hydrogens (tertiary/aromatic N) is 3. The van der Waals surface area contributed by atoms with Crippen LogP contribution in [0.3, 0.4) is 0 Å². The van der Waals surface area contributed by atoms with E-state index in [1.807, 2.05) is 4.98 Å². The molecule has 3 aromatic rings. The van der Waals surface area contributed by atoms with E-state index in [-0.39, 0.29) is 35.4 Å². The molecule has 1 atom stereocenters. The van der Waals surface area contributed by atoms with Crippen molar-refractivity contribution in [3.8, 4) is 0 Å². The summed E-state index contributed by atoms with van der Waals surface area (Å²) in [5.74, 6) is -6.35. The highest BCUT2D eigenvalue weighted by Gasteiger charge is 2.39. The van der Waals surface area contributed by atoms with Gasteiger partial charge in [-0.05, 0) is 30.7 Å². The average molecular weight is 537 g/mol. The molecule has 0 saturated heterocycles. The largest absolute Gasteiger partial charge is 0.481 e. The minimum atomic E-state index is -5.18. The maximum atomic E-state index is 12.4. The van der Waals surface area contributed by atoms with Gasteiger partial charge in [0.2, 0.25) is 5.95 Å². The van der Waals surface area contributed by atoms with Gasteiger partial charge in [-0.3, -0.25) is 29.5 Å². The fourth-order valence-corrected chi connectivity index (χ4v) is 2.98. The first-order valence-electron chi connectivity index (χ1n) is 10.6. The molecule has 2 heterocycles. The maximum absolute atomic E-state index is 12.4. The zero-order valence-corrected chi connectivity index (χ0v) is 19.0. The Morgan fingerprint density at radius 3 is 2.34 bits per heavy atom. The zero-order chi connectivity index (χ0) is 28.0. The second-order valence-electron chi connectivity index (χ2n) is 7.63. The molecule has 3 rings (SSSR count). The lowest BCUT2D eigenvalue weighted by molar-refractivity contribution is -0.167. The van der Waals surface area contributed by atoms with Gasteiger partial charge in [0.1, 0.15) is 6.04 Å². The summed E-state index contributed by atoms with van der Waals surface area (Å²) in [6.07, 6.45) is -4.69. The number of carboxylic acids is 2. The van der Waals surface area contributed by atoms with Crippen LogP contribution in [0.4, 0.5) is 24.8 Å². The van der Waals surface area contributed by atoms with E-state index in [4.69, 9.17) is 10.2 Å². The van der Waals surface area contributed by atoms with Crippen LogP contribution in [-0.4, -0.2) is 66.1 Å². The summed E-state index contributed by atoms with van der Waals surface area (Å²) in [6, 6.07) is 4.41. The topological polar surface area (TPSA) is 216 Å². The fourth-order valence-electron chi connectivity index (χ4n) is 2.98. The van der Waals surface area contributed by atoms with Crippen molar-refractivity contribution >= 4 is 46.6 Å². The maximum Gasteiger partial charge on any atom is 0.471 e. The summed E-state index contributed by atoms with van der Waals surface area (Å²) in [6.45, 7) is 0.0385. The third-order valence-corrected chi connectivity index (χ3v) is 4.83. The van der Waals surface area contributed by atoms with Crippen LogP contribution in [0.2, 0.25) is 0 Å². The van der Waals surface area contributed by atoms with Gasteiger partial charge >= 0.3 is 24.0 Å². The van der Waals surface area contributed by atoms with Crippen molar-refractivity contribution in [3.63, 3.8) is 0 Å². The molecule has 0 aliphatic heterocycles. The van der Waals surface area contributed by atoms with Gasteiger partial charge in [0.05, 0.1) is 18.4 Å². The van der Waals surface area contributed by atoms with E-state index in [9.17, 15) is 37.1 Å². The fraction of sp³-hybridized carbons (Fsp3) is 0.238. The number of aromatic nitrogens is 4. The molecule has 1 aromatic carbocycles. The van der Waals surface area contributed by atoms with Crippen molar-refractivity contribution in [2.45, 2.75) is 31.6 Å². The first kappa shape index (κ1) is 27.5. The molecule has 2 amide bonds. The number of anilines is 2. The molecule has 0 bridgehead atoms. The number of H-pyrrole nitrogens is 1. The Kier molecular flexibility index (Phi) is 8.19. The van der Waals surface area contributed by atoms with Gasteiger partial charge in [-0.1, -0.05) is 0 Å². The van der Waals surface area contributed by atoms with Crippen LogP contribution in [0.5, 0.6) is 0 Å². The highest BCUT2D eigenvalue weighted by molar-refractivity contribution is 5.97. The molecule has 0 aliphatic rings. The third kappa shape index (κ3) is 7.21. The van der Waals surface area contributed by atoms with Crippen LogP contribution in [-0.2, 0) is 20.9 Å². The number of benzene rings is 1. The number of hydrogen-bond acceptors (Lipinski definition) is 9. The van der Waals surface area contributed by atoms with Crippen LogP contribution >= 0.6 is 0 Å². The molecule has 6 N–H and O–H groups in total. The minimum absolute atomic E-state index is 0.0385. The average Bonchev–Trinajstić information content (AvgIpc) is 2.84. The second-order valence-corrected chi connectivity index (χ2v) is 7.63. The van der Waals surface area contributed by atoms with E-state index in [2.05, 4.69) is 25.6 Å². The summed E-state index contributed by atoms with van der Waals surface area (Å²) >= 11 is 0. The number of carbonyl (C=O) groups is 4. The number of rotatable bonds is 10. The molecule has 14 nitrogen and oxygen atoms in total. The highest BCUT2D eigenvalue weighted by atomic mass is 19.4. The Balaban J connectivity index is 1.64. The smallest absolute Gasteiger partial charge is 0.471 e. The van der Waals surface area contributed by atoms with Crippen LogP contribution in [0.15, 0.2) is 35.3 Å². The number of aromatic amines is 1. The monoisotopic (exact) mass is 537 g/mol. The number of aliphatic carboxylic acids is 2. The summed E-state index contributed by atoms with van der Waals surface area (Å²) in [5, 5.41) is 24.5. The summed E-state index contributed by atoms with van der Waals surface area (Å²) in [7, 11) is 0. The molecule has 0 fully saturated rings. The van der Waals surface area contributed by atoms with E-state index in [1.54, 1.807) is 0 Å². The molecule has 2 aromatic heterocycles. The molecule has 0 aliphatic carbocycles. The summed E-state index contributed by atoms with van der Waals surface area (Å²) in [4.78, 5) is 71.0. The van der Waals surface area contributed by atoms with Crippen molar-refractivity contribution in [2.75, 3.05) is 10.6 Å². The van der Waals surface area contributed by atoms with Gasteiger partial charge in [-0.2, -0.15) is 18.2 Å². The lowest BCUT2D eigenvalue weighted by Crippen LogP contribution is -2.41. The molecular formula is C21H18F3N7O7. The van der Waals surface area contributed by atoms with Crippen molar-refractivity contribution in [3.05, 3.63) is 52.1 Å². The van der Waals surface area contributed by atoms with Crippen LogP contribution in [0, 0.1) is 0 Å². The lowest BCUT2D eigenvalue weighted by atomic mass is 10.1. The summed E-state index contributed by atoms with van der Waals surface area (Å²) in [5.41, 5.74) is -0.637. The van der Waals surface area contributed by atoms with Gasteiger partial charge in [-0.15, -0.1) is 0 Å². The number of fused-ring (bicyclic) bond motifs is 1. The minimum Gasteiger partial charge on any atom is -0.481 e. The second kappa shape index (κ2) is 11.3. The standard InChI is InChI=1S/C21H18F3N7O7/c22-21(23,24)19(38)31-20-29-15-14(17(35)30-20)27-11(8-26-15)7-25-10-3-1-9(2-4-10)16(34)28-12(18(36)37)5-6-13(32)33/h1-4,8,12,25H,5-7H2,(H,28,34)(H,32,33)(H,36,37)(H2,26,29,30,31,35,38). The number of hydrogen-bond donors (Lipinski definition) is 6. The van der Waals surface area contributed by atoms with Gasteiger partial charge in [0.15, 0.2) is 11.2 Å². The number of carbonyl (C=O) groups excluding carboxylic acids is 2. The molecule has 0 saturated carbocycles.